The van der Waals surface area contributed by atoms with Gasteiger partial charge in [-0.2, -0.15) is 13.2 Å². The van der Waals surface area contributed by atoms with Crippen molar-refractivity contribution in [3.05, 3.63) is 180 Å². The minimum absolute atomic E-state index is 0.0268. The molecule has 1 aliphatic rings. The highest BCUT2D eigenvalue weighted by atomic mass is 19.4. The lowest BCUT2D eigenvalue weighted by molar-refractivity contribution is -0.119. The van der Waals surface area contributed by atoms with Crippen LogP contribution in [-0.4, -0.2) is 43.3 Å². The number of aliphatic hydroxyl groups is 1. The fraction of sp³-hybridized carbons (Fsp3) is 0.103. The Balaban J connectivity index is 0.000000540. The number of nitrogens with zero attached hydrogens (tertiary/aromatic N) is 3. The molecule has 0 saturated heterocycles. The highest BCUT2D eigenvalue weighted by Gasteiger charge is 2.38. The number of imidazole rings is 1. The molecule has 0 unspecified atom stereocenters. The highest BCUT2D eigenvalue weighted by molar-refractivity contribution is 5.97. The third-order valence-electron chi connectivity index (χ3n) is 8.21. The van der Waals surface area contributed by atoms with Crippen molar-refractivity contribution in [3.8, 4) is 11.3 Å². The Labute approximate surface area is 281 Å². The van der Waals surface area contributed by atoms with Crippen LogP contribution >= 0.6 is 0 Å². The Bertz CT molecular complexity index is 1990. The van der Waals surface area contributed by atoms with Crippen molar-refractivity contribution < 1.29 is 23.1 Å². The van der Waals surface area contributed by atoms with E-state index in [1.54, 1.807) is 6.20 Å². The summed E-state index contributed by atoms with van der Waals surface area (Å²) < 4.78 is 34.7. The van der Waals surface area contributed by atoms with E-state index in [-0.39, 0.29) is 5.91 Å². The molecular formula is C39H32F3N5O2. The maximum absolute atomic E-state index is 12.2. The average Bonchev–Trinajstić information content (AvgIpc) is 3.78. The van der Waals surface area contributed by atoms with Crippen LogP contribution in [0.3, 0.4) is 0 Å². The molecule has 246 valence electrons. The minimum atomic E-state index is -4.64. The molecule has 4 heterocycles. The molecule has 3 aromatic heterocycles. The lowest BCUT2D eigenvalue weighted by Gasteiger charge is -2.37. The molecule has 0 aliphatic carbocycles. The predicted molar refractivity (Wildman–Crippen MR) is 184 cm³/mol. The van der Waals surface area contributed by atoms with E-state index in [9.17, 15) is 18.0 Å². The lowest BCUT2D eigenvalue weighted by Crippen LogP contribution is -2.36. The maximum atomic E-state index is 12.2. The number of nitrogens with one attached hydrogen (secondary N) is 2. The second-order valence-corrected chi connectivity index (χ2v) is 11.3. The molecule has 1 amide bonds. The van der Waals surface area contributed by atoms with Gasteiger partial charge in [-0.15, -0.1) is 0 Å². The quantitative estimate of drug-likeness (QED) is 0.119. The number of aromatic amines is 1. The third-order valence-corrected chi connectivity index (χ3v) is 8.21. The highest BCUT2D eigenvalue weighted by Crippen LogP contribution is 2.41. The molecule has 0 saturated carbocycles. The van der Waals surface area contributed by atoms with Crippen molar-refractivity contribution in [2.45, 2.75) is 18.1 Å². The Morgan fingerprint density at radius 2 is 1.37 bits per heavy atom. The largest absolute Gasteiger partial charge is 0.505 e. The summed E-state index contributed by atoms with van der Waals surface area (Å²) >= 11 is 0. The summed E-state index contributed by atoms with van der Waals surface area (Å²) in [6, 6.07) is 37.6. The molecular weight excluding hydrogens is 627 g/mol. The van der Waals surface area contributed by atoms with E-state index < -0.39 is 17.5 Å². The first-order chi connectivity index (χ1) is 23.7. The van der Waals surface area contributed by atoms with Crippen LogP contribution in [0, 0.1) is 0 Å². The Morgan fingerprint density at radius 3 is 1.90 bits per heavy atom. The molecule has 0 fully saturated rings. The van der Waals surface area contributed by atoms with Crippen molar-refractivity contribution in [1.29, 1.82) is 0 Å². The van der Waals surface area contributed by atoms with E-state index in [0.29, 0.717) is 6.54 Å². The minimum Gasteiger partial charge on any atom is -0.505 e. The van der Waals surface area contributed by atoms with Gasteiger partial charge in [0, 0.05) is 42.3 Å². The number of allylic oxidation sites excluding steroid dienone is 1. The van der Waals surface area contributed by atoms with Crippen LogP contribution in [0.1, 0.15) is 44.1 Å². The van der Waals surface area contributed by atoms with Crippen LogP contribution in [-0.2, 0) is 12.0 Å². The van der Waals surface area contributed by atoms with E-state index >= 15 is 0 Å². The molecule has 3 N–H and O–H groups in total. The zero-order chi connectivity index (χ0) is 34.4. The van der Waals surface area contributed by atoms with Crippen molar-refractivity contribution in [3.63, 3.8) is 0 Å². The smallest absolute Gasteiger partial charge is 0.448 e. The van der Waals surface area contributed by atoms with Crippen LogP contribution < -0.4 is 5.32 Å². The Hall–Kier alpha value is -6.16. The van der Waals surface area contributed by atoms with E-state index in [0.717, 1.165) is 57.0 Å². The van der Waals surface area contributed by atoms with Gasteiger partial charge in [-0.1, -0.05) is 97.6 Å². The van der Waals surface area contributed by atoms with Crippen molar-refractivity contribution in [2.24, 2.45) is 0 Å². The van der Waals surface area contributed by atoms with E-state index in [2.05, 4.69) is 105 Å². The number of aliphatic hydroxyl groups excluding tert-OH is 1. The lowest BCUT2D eigenvalue weighted by atomic mass is 9.77. The first-order valence-corrected chi connectivity index (χ1v) is 15.5. The van der Waals surface area contributed by atoms with Crippen molar-refractivity contribution in [1.82, 2.24) is 24.8 Å². The van der Waals surface area contributed by atoms with Crippen molar-refractivity contribution >= 4 is 18.1 Å². The topological polar surface area (TPSA) is 95.8 Å². The van der Waals surface area contributed by atoms with Gasteiger partial charge in [-0.25, -0.2) is 4.98 Å². The molecule has 10 heteroatoms. The summed E-state index contributed by atoms with van der Waals surface area (Å²) in [5.41, 5.74) is 8.04. The Morgan fingerprint density at radius 1 is 0.816 bits per heavy atom. The number of carbonyl (C=O) groups is 1. The van der Waals surface area contributed by atoms with E-state index in [4.69, 9.17) is 10.1 Å². The number of carbonyl (C=O) groups excluding carboxylic acids is 1. The van der Waals surface area contributed by atoms with Gasteiger partial charge in [0.25, 0.3) is 5.91 Å². The fourth-order valence-corrected chi connectivity index (χ4v) is 5.92. The molecule has 49 heavy (non-hydrogen) atoms. The molecule has 0 radical (unpaired) electrons. The molecule has 0 spiro atoms. The molecule has 0 atom stereocenters. The number of alkyl halides is 3. The summed E-state index contributed by atoms with van der Waals surface area (Å²) in [4.78, 5) is 25.0. The molecule has 3 aromatic carbocycles. The second-order valence-electron chi connectivity index (χ2n) is 11.3. The van der Waals surface area contributed by atoms with E-state index in [1.807, 2.05) is 54.9 Å². The Kier molecular flexibility index (Phi) is 9.30. The zero-order valence-electron chi connectivity index (χ0n) is 26.2. The standard InChI is InChI=1S/C36H29N5O.C3H3F3O/c42-35-32-23-34(40-33(32)19-21-38-35)26-18-20-37-30(22-26)16-17-31-24-41(25-39-31)36(27-10-4-1-5-11-27,28-12-6-2-7-13-28)29-14-8-3-9-15-29;1-2(7)3(4,5)6/h1-18,20,22-25,40H,19,21H2,(H,38,42);7H,1H2/b17-16-;. The monoisotopic (exact) mass is 659 g/mol. The van der Waals surface area contributed by atoms with Crippen LogP contribution in [0.25, 0.3) is 23.4 Å². The normalized spacial score (nSPS) is 12.9. The predicted octanol–water partition coefficient (Wildman–Crippen LogP) is 8.19. The number of pyridine rings is 1. The van der Waals surface area contributed by atoms with Gasteiger partial charge in [0.1, 0.15) is 5.54 Å². The summed E-state index contributed by atoms with van der Waals surface area (Å²) in [5.74, 6) is -1.78. The number of aromatic nitrogens is 4. The fourth-order valence-electron chi connectivity index (χ4n) is 5.92. The first-order valence-electron chi connectivity index (χ1n) is 15.5. The second kappa shape index (κ2) is 13.9. The van der Waals surface area contributed by atoms with Crippen LogP contribution in [0.15, 0.2) is 140 Å². The maximum Gasteiger partial charge on any atom is 0.448 e. The SMILES string of the molecule is C=C(O)C(F)(F)F.O=C1NCCc2[nH]c(-c3ccnc(/C=C\c4cn(C(c5ccccc5)(c5ccccc5)c5ccccc5)cn4)c3)cc21. The summed E-state index contributed by atoms with van der Waals surface area (Å²) in [6.45, 7) is 2.91. The summed E-state index contributed by atoms with van der Waals surface area (Å²) in [5, 5.41) is 10.5. The number of hydrogen-bond acceptors (Lipinski definition) is 4. The average molecular weight is 660 g/mol. The van der Waals surface area contributed by atoms with Gasteiger partial charge in [-0.3, -0.25) is 9.78 Å². The molecule has 0 bridgehead atoms. The molecule has 7 nitrogen and oxygen atoms in total. The van der Waals surface area contributed by atoms with Gasteiger partial charge < -0.3 is 20.0 Å². The van der Waals surface area contributed by atoms with Crippen LogP contribution in [0.4, 0.5) is 13.2 Å². The molecule has 1 aliphatic heterocycles. The first kappa shape index (κ1) is 32.8. The number of H-pyrrole nitrogens is 1. The van der Waals surface area contributed by atoms with Gasteiger partial charge in [0.15, 0.2) is 5.76 Å². The summed E-state index contributed by atoms with van der Waals surface area (Å²) in [7, 11) is 0. The number of amides is 1. The van der Waals surface area contributed by atoms with E-state index in [1.165, 1.54) is 0 Å². The number of fused-ring (bicyclic) bond motifs is 1. The summed E-state index contributed by atoms with van der Waals surface area (Å²) in [6.07, 6.45) is 5.91. The molecule has 7 rings (SSSR count). The van der Waals surface area contributed by atoms with Gasteiger partial charge in [0.05, 0.1) is 23.3 Å². The number of rotatable bonds is 7. The van der Waals surface area contributed by atoms with Crippen molar-refractivity contribution in [2.75, 3.05) is 6.54 Å². The van der Waals surface area contributed by atoms with Crippen LogP contribution in [0.5, 0.6) is 0 Å². The van der Waals surface area contributed by atoms with Gasteiger partial charge in [-0.05, 0) is 47.0 Å². The van der Waals surface area contributed by atoms with Gasteiger partial charge >= 0.3 is 6.18 Å². The molecule has 6 aromatic rings. The number of halogens is 3. The van der Waals surface area contributed by atoms with Gasteiger partial charge in [0.2, 0.25) is 0 Å². The zero-order valence-corrected chi connectivity index (χ0v) is 26.2. The van der Waals surface area contributed by atoms with Crippen LogP contribution in [0.2, 0.25) is 0 Å². The number of hydrogen-bond donors (Lipinski definition) is 3. The number of benzene rings is 3. The third kappa shape index (κ3) is 6.94.